The molecule has 5 N–H and O–H groups in total. The lowest BCUT2D eigenvalue weighted by Gasteiger charge is -2.40. The van der Waals surface area contributed by atoms with Crippen molar-refractivity contribution in [3.63, 3.8) is 0 Å². The fourth-order valence-corrected chi connectivity index (χ4v) is 5.25. The van der Waals surface area contributed by atoms with Crippen LogP contribution in [0.4, 0.5) is 10.1 Å². The number of hydrogen-bond donors (Lipinski definition) is 4. The van der Waals surface area contributed by atoms with Crippen LogP contribution in [-0.4, -0.2) is 40.2 Å². The van der Waals surface area contributed by atoms with Crippen LogP contribution in [-0.2, 0) is 17.4 Å². The Morgan fingerprint density at radius 1 is 1.36 bits per heavy atom. The van der Waals surface area contributed by atoms with Crippen LogP contribution in [0.5, 0.6) is 0 Å². The van der Waals surface area contributed by atoms with Crippen molar-refractivity contribution in [2.75, 3.05) is 12.8 Å². The summed E-state index contributed by atoms with van der Waals surface area (Å²) in [6.07, 6.45) is 3.29. The van der Waals surface area contributed by atoms with Crippen LogP contribution < -0.4 is 5.73 Å². The maximum absolute atomic E-state index is 15.7. The second-order valence-corrected chi connectivity index (χ2v) is 8.74. The normalized spacial score (nSPS) is 20.8. The van der Waals surface area contributed by atoms with E-state index in [1.165, 1.54) is 6.07 Å². The summed E-state index contributed by atoms with van der Waals surface area (Å²) < 4.78 is 23.1. The number of carboxylic acid groups (broad SMARTS) is 1. The third-order valence-electron chi connectivity index (χ3n) is 6.90. The maximum atomic E-state index is 15.7. The zero-order chi connectivity index (χ0) is 24.1. The first-order chi connectivity index (χ1) is 15.7. The van der Waals surface area contributed by atoms with Gasteiger partial charge in [0, 0.05) is 36.9 Å². The zero-order valence-electron chi connectivity index (χ0n) is 18.9. The zero-order valence-corrected chi connectivity index (χ0v) is 18.9. The van der Waals surface area contributed by atoms with Crippen LogP contribution in [0.2, 0.25) is 0 Å². The number of ether oxygens (including phenoxy) is 1. The molecule has 174 valence electrons. The van der Waals surface area contributed by atoms with Gasteiger partial charge >= 0.3 is 5.97 Å². The van der Waals surface area contributed by atoms with Gasteiger partial charge in [-0.3, -0.25) is 0 Å². The molecule has 1 aromatic heterocycles. The fraction of sp³-hybridized carbons (Fsp3) is 0.360. The summed E-state index contributed by atoms with van der Waals surface area (Å²) in [4.78, 5) is 11.5. The molecule has 2 unspecified atom stereocenters. The lowest BCUT2D eigenvalue weighted by atomic mass is 9.77. The third-order valence-corrected chi connectivity index (χ3v) is 6.90. The predicted molar refractivity (Wildman–Crippen MR) is 125 cm³/mol. The van der Waals surface area contributed by atoms with Crippen LogP contribution in [0.25, 0.3) is 22.0 Å². The van der Waals surface area contributed by atoms with Crippen molar-refractivity contribution in [3.8, 4) is 11.1 Å². The highest BCUT2D eigenvalue weighted by atomic mass is 19.1. The Bertz CT molecular complexity index is 1280. The first-order valence-corrected chi connectivity index (χ1v) is 10.9. The summed E-state index contributed by atoms with van der Waals surface area (Å²) in [5.74, 6) is -1.72. The summed E-state index contributed by atoms with van der Waals surface area (Å²) in [5, 5.41) is 29.3. The van der Waals surface area contributed by atoms with E-state index in [0.29, 0.717) is 40.7 Å². The molecular formula is C25H28FN3O4. The summed E-state index contributed by atoms with van der Waals surface area (Å²) in [6.45, 7) is 1.68. The number of benzene rings is 2. The molecule has 0 amide bonds. The average molecular weight is 454 g/mol. The lowest BCUT2D eigenvalue weighted by molar-refractivity contribution is -0.125. The summed E-state index contributed by atoms with van der Waals surface area (Å²) in [6, 6.07) is 6.44. The molecule has 2 aromatic carbocycles. The molecule has 1 fully saturated rings. The van der Waals surface area contributed by atoms with E-state index >= 15 is 4.39 Å². The quantitative estimate of drug-likeness (QED) is 0.338. The minimum absolute atomic E-state index is 0.145. The van der Waals surface area contributed by atoms with E-state index < -0.39 is 23.5 Å². The summed E-state index contributed by atoms with van der Waals surface area (Å²) >= 11 is 0. The number of anilines is 1. The summed E-state index contributed by atoms with van der Waals surface area (Å²) in [7, 11) is 3.31. The largest absolute Gasteiger partial charge is 0.478 e. The van der Waals surface area contributed by atoms with E-state index in [0.717, 1.165) is 19.1 Å². The molecule has 3 aromatic rings. The van der Waals surface area contributed by atoms with Gasteiger partial charge in [0.2, 0.25) is 0 Å². The molecular weight excluding hydrogens is 425 g/mol. The standard InChI is InChI=1S/C25H28FN3O4/c1-13-10-14(7-8-16(13)24(30)31)19-20-17(11-15(12-27)22(28)21(20)26)29(2)23(19)25(32)9-5-4-6-18(25)33-3/h7-8,10-12,18,27,32H,4-6,9,28H2,1-3H3,(H,30,31). The molecule has 8 heteroatoms. The first kappa shape index (κ1) is 22.9. The van der Waals surface area contributed by atoms with E-state index in [9.17, 15) is 15.0 Å². The fourth-order valence-electron chi connectivity index (χ4n) is 5.25. The van der Waals surface area contributed by atoms with Gasteiger partial charge in [-0.1, -0.05) is 18.6 Å². The van der Waals surface area contributed by atoms with E-state index in [1.807, 2.05) is 0 Å². The molecule has 1 aliphatic carbocycles. The number of hydrogen-bond acceptors (Lipinski definition) is 5. The van der Waals surface area contributed by atoms with Crippen molar-refractivity contribution >= 4 is 28.8 Å². The van der Waals surface area contributed by atoms with Gasteiger partial charge in [0.1, 0.15) is 5.60 Å². The van der Waals surface area contributed by atoms with Gasteiger partial charge in [0.05, 0.1) is 28.6 Å². The average Bonchev–Trinajstić information content (AvgIpc) is 3.09. The molecule has 0 aliphatic heterocycles. The number of aromatic carboxylic acids is 1. The number of nitrogens with one attached hydrogen (secondary N) is 1. The van der Waals surface area contributed by atoms with E-state index in [1.54, 1.807) is 43.8 Å². The second-order valence-electron chi connectivity index (χ2n) is 8.74. The number of nitrogen functional groups attached to an aromatic ring is 1. The van der Waals surface area contributed by atoms with Gasteiger partial charge in [-0.15, -0.1) is 0 Å². The Kier molecular flexibility index (Phi) is 5.76. The molecule has 1 heterocycles. The van der Waals surface area contributed by atoms with Crippen molar-refractivity contribution in [2.45, 2.75) is 44.3 Å². The SMILES string of the molecule is COC1CCCCC1(O)c1c(-c2ccc(C(=O)O)c(C)c2)c2c(F)c(N)c(C=N)cc2n1C. The molecule has 33 heavy (non-hydrogen) atoms. The molecule has 0 spiro atoms. The maximum Gasteiger partial charge on any atom is 0.335 e. The van der Waals surface area contributed by atoms with Crippen LogP contribution in [0, 0.1) is 18.2 Å². The smallest absolute Gasteiger partial charge is 0.335 e. The van der Waals surface area contributed by atoms with Crippen LogP contribution in [0.1, 0.15) is 52.9 Å². The topological polar surface area (TPSA) is 122 Å². The molecule has 1 saturated carbocycles. The number of methoxy groups -OCH3 is 1. The van der Waals surface area contributed by atoms with Crippen molar-refractivity contribution in [1.29, 1.82) is 5.41 Å². The Labute approximate surface area is 191 Å². The lowest BCUT2D eigenvalue weighted by Crippen LogP contribution is -2.45. The summed E-state index contributed by atoms with van der Waals surface area (Å²) in [5.41, 5.74) is 7.42. The molecule has 2 atom stereocenters. The molecule has 0 bridgehead atoms. The monoisotopic (exact) mass is 453 g/mol. The number of carbonyl (C=O) groups is 1. The van der Waals surface area contributed by atoms with E-state index in [4.69, 9.17) is 15.9 Å². The van der Waals surface area contributed by atoms with Gasteiger partial charge in [-0.2, -0.15) is 0 Å². The Hall–Kier alpha value is -3.23. The number of nitrogens with two attached hydrogens (primary N) is 1. The van der Waals surface area contributed by atoms with Gasteiger partial charge in [-0.05, 0) is 49.4 Å². The Balaban J connectivity index is 2.15. The molecule has 0 saturated heterocycles. The molecule has 4 rings (SSSR count). The number of aliphatic hydroxyl groups is 1. The van der Waals surface area contributed by atoms with Crippen molar-refractivity contribution in [3.05, 3.63) is 52.5 Å². The number of rotatable bonds is 5. The van der Waals surface area contributed by atoms with Gasteiger partial charge in [-0.25, -0.2) is 9.18 Å². The second kappa shape index (κ2) is 8.28. The van der Waals surface area contributed by atoms with Crippen molar-refractivity contribution in [1.82, 2.24) is 4.57 Å². The number of carboxylic acids is 1. The number of fused-ring (bicyclic) bond motifs is 1. The molecule has 1 aliphatic rings. The number of aryl methyl sites for hydroxylation is 2. The highest BCUT2D eigenvalue weighted by Crippen LogP contribution is 2.48. The van der Waals surface area contributed by atoms with Crippen molar-refractivity contribution in [2.24, 2.45) is 7.05 Å². The van der Waals surface area contributed by atoms with Gasteiger partial charge in [0.15, 0.2) is 5.82 Å². The van der Waals surface area contributed by atoms with Gasteiger partial charge < -0.3 is 30.7 Å². The van der Waals surface area contributed by atoms with Crippen LogP contribution in [0.15, 0.2) is 24.3 Å². The minimum Gasteiger partial charge on any atom is -0.478 e. The first-order valence-electron chi connectivity index (χ1n) is 10.9. The predicted octanol–water partition coefficient (Wildman–Crippen LogP) is 4.35. The number of aromatic nitrogens is 1. The van der Waals surface area contributed by atoms with Gasteiger partial charge in [0.25, 0.3) is 0 Å². The van der Waals surface area contributed by atoms with Crippen molar-refractivity contribution < 1.29 is 24.1 Å². The number of nitrogens with zero attached hydrogens (tertiary/aromatic N) is 1. The minimum atomic E-state index is -1.39. The van der Waals surface area contributed by atoms with Crippen LogP contribution >= 0.6 is 0 Å². The number of halogens is 1. The van der Waals surface area contributed by atoms with E-state index in [2.05, 4.69) is 0 Å². The molecule has 0 radical (unpaired) electrons. The third kappa shape index (κ3) is 3.41. The molecule has 7 nitrogen and oxygen atoms in total. The Morgan fingerprint density at radius 2 is 2.09 bits per heavy atom. The Morgan fingerprint density at radius 3 is 2.70 bits per heavy atom. The van der Waals surface area contributed by atoms with Crippen LogP contribution in [0.3, 0.4) is 0 Å². The highest BCUT2D eigenvalue weighted by molar-refractivity contribution is 6.05. The highest BCUT2D eigenvalue weighted by Gasteiger charge is 2.45. The van der Waals surface area contributed by atoms with E-state index in [-0.39, 0.29) is 22.2 Å².